The molecule has 3 aromatic rings. The van der Waals surface area contributed by atoms with Crippen LogP contribution in [-0.4, -0.2) is 21.9 Å². The smallest absolute Gasteiger partial charge is 0.261 e. The molecule has 25 heavy (non-hydrogen) atoms. The molecule has 130 valence electrons. The maximum Gasteiger partial charge on any atom is 0.261 e. The van der Waals surface area contributed by atoms with Crippen LogP contribution in [0.15, 0.2) is 70.5 Å². The van der Waals surface area contributed by atoms with Crippen molar-refractivity contribution in [3.8, 4) is 5.75 Å². The Balaban J connectivity index is 2.08. The lowest BCUT2D eigenvalue weighted by atomic mass is 10.1. The number of phenols is 1. The summed E-state index contributed by atoms with van der Waals surface area (Å²) in [6.45, 7) is 0. The Hall–Kier alpha value is -2.29. The first kappa shape index (κ1) is 17.5. The van der Waals surface area contributed by atoms with Gasteiger partial charge >= 0.3 is 0 Å². The van der Waals surface area contributed by atoms with Crippen LogP contribution in [0, 0.1) is 0 Å². The maximum atomic E-state index is 12.6. The first-order chi connectivity index (χ1) is 11.7. The second-order valence-corrected chi connectivity index (χ2v) is 9.44. The van der Waals surface area contributed by atoms with E-state index in [4.69, 9.17) is 10.7 Å². The molecule has 9 heteroatoms. The predicted molar refractivity (Wildman–Crippen MR) is 95.9 cm³/mol. The minimum Gasteiger partial charge on any atom is -0.507 e. The van der Waals surface area contributed by atoms with Gasteiger partial charge in [0.05, 0.1) is 15.5 Å². The molecule has 0 saturated heterocycles. The molecule has 3 rings (SSSR count). The Morgan fingerprint density at radius 2 is 1.40 bits per heavy atom. The predicted octanol–water partition coefficient (Wildman–Crippen LogP) is 3.27. The van der Waals surface area contributed by atoms with Crippen LogP contribution in [0.25, 0.3) is 10.8 Å². The third-order valence-corrected chi connectivity index (χ3v) is 6.26. The SMILES string of the molecule is O=S(=O)(Cl)c1cccc(S(=O)(=O)Nc2cccc3c(O)cccc23)c1. The summed E-state index contributed by atoms with van der Waals surface area (Å²) < 4.78 is 50.4. The third kappa shape index (κ3) is 3.55. The fraction of sp³-hybridized carbons (Fsp3) is 0. The van der Waals surface area contributed by atoms with Crippen LogP contribution in [0.1, 0.15) is 0 Å². The number of halogens is 1. The summed E-state index contributed by atoms with van der Waals surface area (Å²) in [4.78, 5) is -0.556. The minimum atomic E-state index is -4.06. The second-order valence-electron chi connectivity index (χ2n) is 5.20. The highest BCUT2D eigenvalue weighted by Crippen LogP contribution is 2.31. The first-order valence-corrected chi connectivity index (χ1v) is 10.8. The number of nitrogens with one attached hydrogen (secondary N) is 1. The summed E-state index contributed by atoms with van der Waals surface area (Å²) in [7, 11) is -2.84. The number of benzene rings is 3. The molecule has 0 spiro atoms. The zero-order valence-corrected chi connectivity index (χ0v) is 14.9. The van der Waals surface area contributed by atoms with Crippen molar-refractivity contribution in [2.75, 3.05) is 4.72 Å². The lowest BCUT2D eigenvalue weighted by Crippen LogP contribution is -2.13. The van der Waals surface area contributed by atoms with Gasteiger partial charge in [0.1, 0.15) is 5.75 Å². The van der Waals surface area contributed by atoms with E-state index in [-0.39, 0.29) is 21.2 Å². The minimum absolute atomic E-state index is 0.0220. The first-order valence-electron chi connectivity index (χ1n) is 6.97. The summed E-state index contributed by atoms with van der Waals surface area (Å²) in [6, 6.07) is 14.3. The molecule has 0 aromatic heterocycles. The van der Waals surface area contributed by atoms with E-state index in [1.165, 1.54) is 24.3 Å². The van der Waals surface area contributed by atoms with Crippen LogP contribution in [0.2, 0.25) is 0 Å². The molecule has 0 saturated carbocycles. The highest BCUT2D eigenvalue weighted by atomic mass is 35.7. The van der Waals surface area contributed by atoms with Gasteiger partial charge in [-0.25, -0.2) is 16.8 Å². The number of anilines is 1. The average molecular weight is 398 g/mol. The van der Waals surface area contributed by atoms with E-state index < -0.39 is 19.1 Å². The van der Waals surface area contributed by atoms with Gasteiger partial charge in [-0.3, -0.25) is 4.72 Å². The quantitative estimate of drug-likeness (QED) is 0.658. The van der Waals surface area contributed by atoms with Gasteiger partial charge in [-0.2, -0.15) is 0 Å². The number of hydrogen-bond donors (Lipinski definition) is 2. The van der Waals surface area contributed by atoms with Gasteiger partial charge in [-0.1, -0.05) is 30.3 Å². The molecule has 0 heterocycles. The summed E-state index contributed by atoms with van der Waals surface area (Å²) in [5.74, 6) is 0.0220. The molecule has 0 aliphatic rings. The van der Waals surface area contributed by atoms with E-state index in [1.54, 1.807) is 30.3 Å². The molecule has 0 fully saturated rings. The van der Waals surface area contributed by atoms with Crippen LogP contribution >= 0.6 is 10.7 Å². The van der Waals surface area contributed by atoms with Crippen LogP contribution in [0.5, 0.6) is 5.75 Å². The van der Waals surface area contributed by atoms with Crippen molar-refractivity contribution in [3.63, 3.8) is 0 Å². The van der Waals surface area contributed by atoms with Gasteiger partial charge in [-0.15, -0.1) is 0 Å². The van der Waals surface area contributed by atoms with Crippen molar-refractivity contribution in [1.82, 2.24) is 0 Å². The molecule has 0 unspecified atom stereocenters. The van der Waals surface area contributed by atoms with Gasteiger partial charge < -0.3 is 5.11 Å². The van der Waals surface area contributed by atoms with Crippen molar-refractivity contribution in [3.05, 3.63) is 60.7 Å². The standard InChI is InChI=1S/C16H12ClNO5S2/c17-24(20,21)11-4-1-5-12(10-11)25(22,23)18-15-8-2-7-14-13(15)6-3-9-16(14)19/h1-10,18-19H. The molecule has 0 amide bonds. The third-order valence-electron chi connectivity index (χ3n) is 3.54. The molecule has 0 atom stereocenters. The van der Waals surface area contributed by atoms with E-state index in [9.17, 15) is 21.9 Å². The molecule has 2 N–H and O–H groups in total. The molecule has 0 aliphatic carbocycles. The lowest BCUT2D eigenvalue weighted by molar-refractivity contribution is 0.481. The van der Waals surface area contributed by atoms with Gasteiger partial charge in [0.2, 0.25) is 0 Å². The number of hydrogen-bond acceptors (Lipinski definition) is 5. The fourth-order valence-corrected chi connectivity index (χ4v) is 4.38. The normalized spacial score (nSPS) is 12.2. The molecule has 0 radical (unpaired) electrons. The van der Waals surface area contributed by atoms with Crippen LogP contribution in [0.4, 0.5) is 5.69 Å². The van der Waals surface area contributed by atoms with Crippen LogP contribution in [-0.2, 0) is 19.1 Å². The van der Waals surface area contributed by atoms with Crippen molar-refractivity contribution in [1.29, 1.82) is 0 Å². The molecule has 0 bridgehead atoms. The Morgan fingerprint density at radius 1 is 0.800 bits per heavy atom. The summed E-state index contributed by atoms with van der Waals surface area (Å²) in [5, 5.41) is 10.9. The fourth-order valence-electron chi connectivity index (χ4n) is 2.38. The number of phenolic OH excluding ortho intramolecular Hbond substituents is 1. The monoisotopic (exact) mass is 397 g/mol. The van der Waals surface area contributed by atoms with Crippen LogP contribution in [0.3, 0.4) is 0 Å². The Bertz CT molecular complexity index is 1170. The van der Waals surface area contributed by atoms with E-state index >= 15 is 0 Å². The van der Waals surface area contributed by atoms with Gasteiger partial charge in [0, 0.05) is 21.5 Å². The number of sulfonamides is 1. The average Bonchev–Trinajstić information content (AvgIpc) is 2.55. The summed E-state index contributed by atoms with van der Waals surface area (Å²) in [5.41, 5.74) is 0.257. The van der Waals surface area contributed by atoms with Crippen molar-refractivity contribution >= 4 is 46.2 Å². The summed E-state index contributed by atoms with van der Waals surface area (Å²) >= 11 is 0. The number of rotatable bonds is 4. The molecule has 3 aromatic carbocycles. The molecular formula is C16H12ClNO5S2. The largest absolute Gasteiger partial charge is 0.507 e. The number of aromatic hydroxyl groups is 1. The van der Waals surface area contributed by atoms with E-state index in [2.05, 4.69) is 4.72 Å². The topological polar surface area (TPSA) is 101 Å². The molecule has 0 aliphatic heterocycles. The highest BCUT2D eigenvalue weighted by molar-refractivity contribution is 8.13. The van der Waals surface area contributed by atoms with E-state index in [1.807, 2.05) is 0 Å². The van der Waals surface area contributed by atoms with Crippen molar-refractivity contribution in [2.24, 2.45) is 0 Å². The van der Waals surface area contributed by atoms with Crippen LogP contribution < -0.4 is 4.72 Å². The van der Waals surface area contributed by atoms with Gasteiger partial charge in [0.15, 0.2) is 0 Å². The van der Waals surface area contributed by atoms with Gasteiger partial charge in [-0.05, 0) is 30.3 Å². The zero-order chi connectivity index (χ0) is 18.2. The van der Waals surface area contributed by atoms with Crippen molar-refractivity contribution < 1.29 is 21.9 Å². The zero-order valence-electron chi connectivity index (χ0n) is 12.5. The van der Waals surface area contributed by atoms with Crippen molar-refractivity contribution in [2.45, 2.75) is 9.79 Å². The maximum absolute atomic E-state index is 12.6. The Morgan fingerprint density at radius 3 is 2.12 bits per heavy atom. The van der Waals surface area contributed by atoms with E-state index in [0.29, 0.717) is 10.8 Å². The van der Waals surface area contributed by atoms with Gasteiger partial charge in [0.25, 0.3) is 19.1 Å². The summed E-state index contributed by atoms with van der Waals surface area (Å²) in [6.07, 6.45) is 0. The molecular weight excluding hydrogens is 386 g/mol. The lowest BCUT2D eigenvalue weighted by Gasteiger charge is -2.12. The Kier molecular flexibility index (Phi) is 4.36. The Labute approximate surface area is 149 Å². The van der Waals surface area contributed by atoms with E-state index in [0.717, 1.165) is 6.07 Å². The highest BCUT2D eigenvalue weighted by Gasteiger charge is 2.19. The number of fused-ring (bicyclic) bond motifs is 1. The molecule has 6 nitrogen and oxygen atoms in total. The second kappa shape index (κ2) is 6.21.